The van der Waals surface area contributed by atoms with E-state index in [1.807, 2.05) is 6.07 Å². The molecule has 0 aromatic carbocycles. The van der Waals surface area contributed by atoms with Crippen LogP contribution < -0.4 is 11.3 Å². The molecule has 3 N–H and O–H groups in total. The highest BCUT2D eigenvalue weighted by molar-refractivity contribution is 9.10. The van der Waals surface area contributed by atoms with Gasteiger partial charge in [-0.15, -0.1) is 12.3 Å². The van der Waals surface area contributed by atoms with Gasteiger partial charge in [-0.05, 0) is 28.1 Å². The molecule has 1 aromatic heterocycles. The number of halogens is 1. The number of terminal acetylenes is 1. The molecule has 0 fully saturated rings. The predicted molar refractivity (Wildman–Crippen MR) is 49.9 cm³/mol. The van der Waals surface area contributed by atoms with Crippen molar-refractivity contribution in [2.45, 2.75) is 12.5 Å². The number of hydrazine groups is 1. The lowest BCUT2D eigenvalue weighted by Gasteiger charge is -2.08. The lowest BCUT2D eigenvalue weighted by Crippen LogP contribution is -2.27. The van der Waals surface area contributed by atoms with Crippen LogP contribution in [0.25, 0.3) is 0 Å². The van der Waals surface area contributed by atoms with E-state index in [1.54, 1.807) is 6.07 Å². The standard InChI is InChI=1S/C8H9BrN2O/c1-2-3-6(11-10)7-4-5-8(9)12-7/h1,4-6,11H,3,10H2. The van der Waals surface area contributed by atoms with Crippen LogP contribution in [0.5, 0.6) is 0 Å². The monoisotopic (exact) mass is 228 g/mol. The van der Waals surface area contributed by atoms with E-state index in [1.165, 1.54) is 0 Å². The first kappa shape index (κ1) is 9.33. The first-order valence-electron chi connectivity index (χ1n) is 3.42. The molecular weight excluding hydrogens is 220 g/mol. The summed E-state index contributed by atoms with van der Waals surface area (Å²) >= 11 is 3.19. The number of nitrogens with one attached hydrogen (secondary N) is 1. The van der Waals surface area contributed by atoms with Crippen LogP contribution in [0, 0.1) is 12.3 Å². The van der Waals surface area contributed by atoms with Crippen molar-refractivity contribution >= 4 is 15.9 Å². The fraction of sp³-hybridized carbons (Fsp3) is 0.250. The van der Waals surface area contributed by atoms with Gasteiger partial charge in [-0.2, -0.15) is 0 Å². The van der Waals surface area contributed by atoms with Crippen molar-refractivity contribution in [3.05, 3.63) is 22.6 Å². The molecule has 1 aromatic rings. The third-order valence-corrected chi connectivity index (χ3v) is 1.89. The van der Waals surface area contributed by atoms with Crippen LogP contribution >= 0.6 is 15.9 Å². The summed E-state index contributed by atoms with van der Waals surface area (Å²) in [6, 6.07) is 3.52. The SMILES string of the molecule is C#CCC(NN)c1ccc(Br)o1. The first-order valence-corrected chi connectivity index (χ1v) is 4.22. The third-order valence-electron chi connectivity index (χ3n) is 1.46. The van der Waals surface area contributed by atoms with Crippen molar-refractivity contribution < 1.29 is 4.42 Å². The summed E-state index contributed by atoms with van der Waals surface area (Å²) in [5.41, 5.74) is 2.58. The third kappa shape index (κ3) is 2.11. The molecule has 1 heterocycles. The van der Waals surface area contributed by atoms with Crippen molar-refractivity contribution in [2.24, 2.45) is 5.84 Å². The molecule has 64 valence electrons. The maximum Gasteiger partial charge on any atom is 0.169 e. The minimum atomic E-state index is -0.110. The van der Waals surface area contributed by atoms with Crippen molar-refractivity contribution in [3.8, 4) is 12.3 Å². The number of nitrogens with two attached hydrogens (primary N) is 1. The highest BCUT2D eigenvalue weighted by Crippen LogP contribution is 2.21. The van der Waals surface area contributed by atoms with E-state index in [2.05, 4.69) is 27.3 Å². The molecule has 1 unspecified atom stereocenters. The Morgan fingerprint density at radius 2 is 2.50 bits per heavy atom. The van der Waals surface area contributed by atoms with Crippen molar-refractivity contribution in [1.82, 2.24) is 5.43 Å². The molecule has 0 radical (unpaired) electrons. The summed E-state index contributed by atoms with van der Waals surface area (Å²) in [5.74, 6) is 8.53. The number of hydrogen-bond donors (Lipinski definition) is 2. The van der Waals surface area contributed by atoms with Crippen LogP contribution in [0.1, 0.15) is 18.2 Å². The van der Waals surface area contributed by atoms with E-state index >= 15 is 0 Å². The van der Waals surface area contributed by atoms with Gasteiger partial charge in [-0.1, -0.05) is 0 Å². The second-order valence-electron chi connectivity index (χ2n) is 2.27. The molecule has 12 heavy (non-hydrogen) atoms. The van der Waals surface area contributed by atoms with Gasteiger partial charge in [0.2, 0.25) is 0 Å². The Kier molecular flexibility index (Phi) is 3.35. The fourth-order valence-electron chi connectivity index (χ4n) is 0.875. The molecule has 0 aliphatic carbocycles. The molecule has 0 amide bonds. The van der Waals surface area contributed by atoms with E-state index < -0.39 is 0 Å². The van der Waals surface area contributed by atoms with Crippen LogP contribution in [0.15, 0.2) is 21.2 Å². The molecule has 1 atom stereocenters. The Morgan fingerprint density at radius 3 is 2.92 bits per heavy atom. The zero-order valence-corrected chi connectivity index (χ0v) is 7.97. The van der Waals surface area contributed by atoms with E-state index in [-0.39, 0.29) is 6.04 Å². The molecule has 3 nitrogen and oxygen atoms in total. The van der Waals surface area contributed by atoms with Gasteiger partial charge in [0.1, 0.15) is 5.76 Å². The van der Waals surface area contributed by atoms with Crippen LogP contribution in [-0.2, 0) is 0 Å². The zero-order valence-electron chi connectivity index (χ0n) is 6.38. The molecule has 1 rings (SSSR count). The molecule has 0 aliphatic heterocycles. The van der Waals surface area contributed by atoms with Crippen LogP contribution in [0.4, 0.5) is 0 Å². The van der Waals surface area contributed by atoms with Crippen molar-refractivity contribution in [1.29, 1.82) is 0 Å². The number of rotatable bonds is 3. The van der Waals surface area contributed by atoms with Gasteiger partial charge in [0.15, 0.2) is 4.67 Å². The molecule has 0 aliphatic rings. The summed E-state index contributed by atoms with van der Waals surface area (Å²) in [6.07, 6.45) is 5.66. The van der Waals surface area contributed by atoms with Crippen LogP contribution in [0.2, 0.25) is 0 Å². The van der Waals surface area contributed by atoms with Crippen LogP contribution in [-0.4, -0.2) is 0 Å². The Balaban J connectivity index is 2.74. The first-order chi connectivity index (χ1) is 5.77. The van der Waals surface area contributed by atoms with Crippen molar-refractivity contribution in [3.63, 3.8) is 0 Å². The van der Waals surface area contributed by atoms with E-state index in [0.29, 0.717) is 11.1 Å². The molecule has 4 heteroatoms. The van der Waals surface area contributed by atoms with Gasteiger partial charge in [-0.3, -0.25) is 5.84 Å². The van der Waals surface area contributed by atoms with Gasteiger partial charge in [0.25, 0.3) is 0 Å². The number of furan rings is 1. The average molecular weight is 229 g/mol. The minimum Gasteiger partial charge on any atom is -0.453 e. The topological polar surface area (TPSA) is 51.2 Å². The zero-order chi connectivity index (χ0) is 8.97. The second kappa shape index (κ2) is 4.31. The summed E-state index contributed by atoms with van der Waals surface area (Å²) in [5, 5.41) is 0. The Labute approximate surface area is 79.4 Å². The molecule has 0 saturated carbocycles. The molecule has 0 spiro atoms. The van der Waals surface area contributed by atoms with Gasteiger partial charge >= 0.3 is 0 Å². The van der Waals surface area contributed by atoms with Crippen molar-refractivity contribution in [2.75, 3.05) is 0 Å². The molecule has 0 bridgehead atoms. The maximum absolute atomic E-state index is 5.28. The van der Waals surface area contributed by atoms with Gasteiger partial charge in [0, 0.05) is 6.42 Å². The van der Waals surface area contributed by atoms with E-state index in [9.17, 15) is 0 Å². The summed E-state index contributed by atoms with van der Waals surface area (Å²) in [6.45, 7) is 0. The largest absolute Gasteiger partial charge is 0.453 e. The highest BCUT2D eigenvalue weighted by atomic mass is 79.9. The minimum absolute atomic E-state index is 0.110. The summed E-state index contributed by atoms with van der Waals surface area (Å²) in [7, 11) is 0. The Morgan fingerprint density at radius 1 is 1.75 bits per heavy atom. The van der Waals surface area contributed by atoms with Gasteiger partial charge in [-0.25, -0.2) is 5.43 Å². The van der Waals surface area contributed by atoms with E-state index in [4.69, 9.17) is 16.7 Å². The normalized spacial score (nSPS) is 12.4. The lowest BCUT2D eigenvalue weighted by molar-refractivity contribution is 0.410. The van der Waals surface area contributed by atoms with E-state index in [0.717, 1.165) is 5.76 Å². The maximum atomic E-state index is 5.28. The summed E-state index contributed by atoms with van der Waals surface area (Å²) in [4.78, 5) is 0. The molecular formula is C8H9BrN2O. The summed E-state index contributed by atoms with van der Waals surface area (Å²) < 4.78 is 5.94. The smallest absolute Gasteiger partial charge is 0.169 e. The Bertz CT molecular complexity index is 289. The lowest BCUT2D eigenvalue weighted by atomic mass is 10.2. The van der Waals surface area contributed by atoms with Gasteiger partial charge < -0.3 is 4.42 Å². The van der Waals surface area contributed by atoms with Gasteiger partial charge in [0.05, 0.1) is 6.04 Å². The quantitative estimate of drug-likeness (QED) is 0.470. The predicted octanol–water partition coefficient (Wildman–Crippen LogP) is 1.57. The Hall–Kier alpha value is -0.760. The molecule has 0 saturated heterocycles. The number of hydrogen-bond acceptors (Lipinski definition) is 3. The average Bonchev–Trinajstić information content (AvgIpc) is 2.47. The van der Waals surface area contributed by atoms with Crippen LogP contribution in [0.3, 0.4) is 0 Å². The highest BCUT2D eigenvalue weighted by Gasteiger charge is 2.11. The fourth-order valence-corrected chi connectivity index (χ4v) is 1.19. The second-order valence-corrected chi connectivity index (χ2v) is 3.05.